The van der Waals surface area contributed by atoms with Gasteiger partial charge in [-0.05, 0) is 57.6 Å². The molecule has 0 spiro atoms. The minimum absolute atomic E-state index is 0.195. The van der Waals surface area contributed by atoms with Crippen molar-refractivity contribution in [2.45, 2.75) is 0 Å². The quantitative estimate of drug-likeness (QED) is 0.430. The standard InChI is InChI=1S/C26H18O4/c27-25(28)19-11-13-21(23(15-19)17-7-3-1-4-8-17)22-14-12-20(26(29)30)16-24(22)18-9-5-2-6-10-18/h1-16H,(H,27,28)(H,29,30). The summed E-state index contributed by atoms with van der Waals surface area (Å²) in [6.45, 7) is 0. The van der Waals surface area contributed by atoms with E-state index in [9.17, 15) is 19.8 Å². The minimum atomic E-state index is -0.997. The van der Waals surface area contributed by atoms with Gasteiger partial charge in [0.15, 0.2) is 0 Å². The second-order valence-corrected chi connectivity index (χ2v) is 6.86. The first-order chi connectivity index (χ1) is 14.5. The van der Waals surface area contributed by atoms with Gasteiger partial charge in [-0.1, -0.05) is 72.8 Å². The Kier molecular flexibility index (Phi) is 5.14. The van der Waals surface area contributed by atoms with Crippen molar-refractivity contribution in [3.63, 3.8) is 0 Å². The minimum Gasteiger partial charge on any atom is -0.478 e. The van der Waals surface area contributed by atoms with Crippen molar-refractivity contribution >= 4 is 11.9 Å². The molecule has 0 fully saturated rings. The van der Waals surface area contributed by atoms with Crippen LogP contribution in [0.1, 0.15) is 20.7 Å². The topological polar surface area (TPSA) is 74.6 Å². The molecule has 4 rings (SSSR count). The van der Waals surface area contributed by atoms with Crippen LogP contribution in [0.25, 0.3) is 33.4 Å². The first-order valence-electron chi connectivity index (χ1n) is 9.40. The molecule has 0 aliphatic carbocycles. The third-order valence-electron chi connectivity index (χ3n) is 4.99. The van der Waals surface area contributed by atoms with Crippen LogP contribution in [0.2, 0.25) is 0 Å². The largest absolute Gasteiger partial charge is 0.478 e. The van der Waals surface area contributed by atoms with Crippen LogP contribution in [-0.4, -0.2) is 22.2 Å². The lowest BCUT2D eigenvalue weighted by molar-refractivity contribution is 0.0686. The van der Waals surface area contributed by atoms with Crippen LogP contribution in [0.15, 0.2) is 97.1 Å². The van der Waals surface area contributed by atoms with E-state index in [4.69, 9.17) is 0 Å². The molecule has 4 nitrogen and oxygen atoms in total. The molecule has 0 unspecified atom stereocenters. The predicted octanol–water partition coefficient (Wildman–Crippen LogP) is 6.08. The first kappa shape index (κ1) is 19.2. The third kappa shape index (κ3) is 3.71. The molecule has 0 saturated heterocycles. The normalized spacial score (nSPS) is 10.5. The zero-order valence-electron chi connectivity index (χ0n) is 15.9. The van der Waals surface area contributed by atoms with Gasteiger partial charge in [0.05, 0.1) is 11.1 Å². The SMILES string of the molecule is O=C(O)c1ccc(-c2ccc(C(=O)O)cc2-c2ccccc2)c(-c2ccccc2)c1. The van der Waals surface area contributed by atoms with Gasteiger partial charge in [0.25, 0.3) is 0 Å². The number of carbonyl (C=O) groups is 2. The molecule has 0 aliphatic heterocycles. The Morgan fingerprint density at radius 1 is 0.467 bits per heavy atom. The zero-order valence-corrected chi connectivity index (χ0v) is 15.9. The van der Waals surface area contributed by atoms with Crippen LogP contribution in [-0.2, 0) is 0 Å². The summed E-state index contributed by atoms with van der Waals surface area (Å²) < 4.78 is 0. The fourth-order valence-corrected chi connectivity index (χ4v) is 3.54. The van der Waals surface area contributed by atoms with Crippen LogP contribution in [0.3, 0.4) is 0 Å². The lowest BCUT2D eigenvalue weighted by atomic mass is 9.87. The maximum absolute atomic E-state index is 11.6. The number of hydrogen-bond acceptors (Lipinski definition) is 2. The summed E-state index contributed by atoms with van der Waals surface area (Å²) in [7, 11) is 0. The Bertz CT molecular complexity index is 1130. The molecule has 0 amide bonds. The van der Waals surface area contributed by atoms with Gasteiger partial charge in [0.2, 0.25) is 0 Å². The molecule has 4 aromatic carbocycles. The van der Waals surface area contributed by atoms with Crippen molar-refractivity contribution in [1.29, 1.82) is 0 Å². The van der Waals surface area contributed by atoms with Crippen LogP contribution in [0.5, 0.6) is 0 Å². The van der Waals surface area contributed by atoms with Gasteiger partial charge in [0, 0.05) is 0 Å². The maximum Gasteiger partial charge on any atom is 0.335 e. The van der Waals surface area contributed by atoms with Crippen molar-refractivity contribution in [2.24, 2.45) is 0 Å². The molecular formula is C26H18O4. The molecule has 0 atom stereocenters. The number of rotatable bonds is 5. The monoisotopic (exact) mass is 394 g/mol. The average Bonchev–Trinajstić information content (AvgIpc) is 2.79. The fourth-order valence-electron chi connectivity index (χ4n) is 3.54. The number of carboxylic acids is 2. The second kappa shape index (κ2) is 8.05. The van der Waals surface area contributed by atoms with Crippen molar-refractivity contribution in [3.05, 3.63) is 108 Å². The van der Waals surface area contributed by atoms with E-state index in [0.29, 0.717) is 0 Å². The van der Waals surface area contributed by atoms with E-state index in [1.165, 1.54) is 0 Å². The smallest absolute Gasteiger partial charge is 0.335 e. The van der Waals surface area contributed by atoms with Gasteiger partial charge in [-0.15, -0.1) is 0 Å². The van der Waals surface area contributed by atoms with Crippen molar-refractivity contribution in [1.82, 2.24) is 0 Å². The molecule has 0 aromatic heterocycles. The van der Waals surface area contributed by atoms with E-state index < -0.39 is 11.9 Å². The summed E-state index contributed by atoms with van der Waals surface area (Å²) in [5, 5.41) is 19.0. The number of aromatic carboxylic acids is 2. The van der Waals surface area contributed by atoms with E-state index in [2.05, 4.69) is 0 Å². The van der Waals surface area contributed by atoms with Gasteiger partial charge in [-0.2, -0.15) is 0 Å². The van der Waals surface area contributed by atoms with Crippen molar-refractivity contribution in [3.8, 4) is 33.4 Å². The van der Waals surface area contributed by atoms with Gasteiger partial charge in [-0.3, -0.25) is 0 Å². The molecule has 0 heterocycles. The first-order valence-corrected chi connectivity index (χ1v) is 9.40. The molecule has 0 aliphatic rings. The highest BCUT2D eigenvalue weighted by Gasteiger charge is 2.17. The number of carboxylic acid groups (broad SMARTS) is 2. The fraction of sp³-hybridized carbons (Fsp3) is 0. The van der Waals surface area contributed by atoms with Gasteiger partial charge in [0.1, 0.15) is 0 Å². The average molecular weight is 394 g/mol. The molecule has 0 saturated carbocycles. The van der Waals surface area contributed by atoms with Gasteiger partial charge >= 0.3 is 11.9 Å². The Hall–Kier alpha value is -4.18. The Morgan fingerprint density at radius 2 is 0.833 bits per heavy atom. The van der Waals surface area contributed by atoms with Crippen LogP contribution in [0, 0.1) is 0 Å². The highest BCUT2D eigenvalue weighted by molar-refractivity contribution is 5.98. The van der Waals surface area contributed by atoms with Gasteiger partial charge < -0.3 is 10.2 Å². The highest BCUT2D eigenvalue weighted by Crippen LogP contribution is 2.39. The summed E-state index contributed by atoms with van der Waals surface area (Å²) in [6, 6.07) is 29.2. The van der Waals surface area contributed by atoms with Crippen molar-refractivity contribution < 1.29 is 19.8 Å². The summed E-state index contributed by atoms with van der Waals surface area (Å²) in [4.78, 5) is 23.2. The molecule has 2 N–H and O–H groups in total. The van der Waals surface area contributed by atoms with E-state index in [-0.39, 0.29) is 11.1 Å². The summed E-state index contributed by atoms with van der Waals surface area (Å²) in [5.74, 6) is -1.99. The van der Waals surface area contributed by atoms with E-state index in [1.807, 2.05) is 60.7 Å². The Labute approximate surface area is 173 Å². The van der Waals surface area contributed by atoms with Crippen LogP contribution in [0.4, 0.5) is 0 Å². The van der Waals surface area contributed by atoms with E-state index in [0.717, 1.165) is 33.4 Å². The lowest BCUT2D eigenvalue weighted by Gasteiger charge is -2.16. The molecular weight excluding hydrogens is 376 g/mol. The summed E-state index contributed by atoms with van der Waals surface area (Å²) in [6.07, 6.45) is 0. The second-order valence-electron chi connectivity index (χ2n) is 6.86. The Morgan fingerprint density at radius 3 is 1.17 bits per heavy atom. The van der Waals surface area contributed by atoms with Crippen molar-refractivity contribution in [2.75, 3.05) is 0 Å². The molecule has 0 radical (unpaired) electrons. The molecule has 30 heavy (non-hydrogen) atoms. The Balaban J connectivity index is 2.01. The van der Waals surface area contributed by atoms with Crippen LogP contribution < -0.4 is 0 Å². The molecule has 4 aromatic rings. The molecule has 146 valence electrons. The molecule has 4 heteroatoms. The van der Waals surface area contributed by atoms with Crippen LogP contribution >= 0.6 is 0 Å². The third-order valence-corrected chi connectivity index (χ3v) is 4.99. The van der Waals surface area contributed by atoms with Gasteiger partial charge in [-0.25, -0.2) is 9.59 Å². The summed E-state index contributed by atoms with van der Waals surface area (Å²) in [5.41, 5.74) is 5.38. The highest BCUT2D eigenvalue weighted by atomic mass is 16.4. The molecule has 0 bridgehead atoms. The number of benzene rings is 4. The van der Waals surface area contributed by atoms with E-state index in [1.54, 1.807) is 36.4 Å². The maximum atomic E-state index is 11.6. The summed E-state index contributed by atoms with van der Waals surface area (Å²) >= 11 is 0. The number of hydrogen-bond donors (Lipinski definition) is 2. The van der Waals surface area contributed by atoms with E-state index >= 15 is 0 Å². The zero-order chi connectivity index (χ0) is 21.1. The lowest BCUT2D eigenvalue weighted by Crippen LogP contribution is -2.00. The predicted molar refractivity (Wildman–Crippen MR) is 117 cm³/mol.